The molecule has 0 fully saturated rings. The zero-order valence-corrected chi connectivity index (χ0v) is 14.4. The first-order valence-electron chi connectivity index (χ1n) is 7.49. The van der Waals surface area contributed by atoms with Crippen LogP contribution in [-0.4, -0.2) is 5.97 Å². The minimum Gasteiger partial charge on any atom is -0.246 e. The Hall–Kier alpha value is -1.73. The summed E-state index contributed by atoms with van der Waals surface area (Å²) < 4.78 is 17.5. The van der Waals surface area contributed by atoms with Crippen LogP contribution in [0.4, 0.5) is 0 Å². The first-order valence-corrected chi connectivity index (χ1v) is 8.67. The van der Waals surface area contributed by atoms with Crippen LogP contribution in [0.2, 0.25) is 0 Å². The van der Waals surface area contributed by atoms with E-state index in [1.54, 1.807) is 24.3 Å². The summed E-state index contributed by atoms with van der Waals surface area (Å²) in [6.07, 6.45) is 4.93. The van der Waals surface area contributed by atoms with E-state index in [-0.39, 0.29) is 11.3 Å². The minimum absolute atomic E-state index is 0.299. The first-order chi connectivity index (χ1) is 10.4. The van der Waals surface area contributed by atoms with Gasteiger partial charge >= 0.3 is 14.0 Å². The van der Waals surface area contributed by atoms with E-state index in [2.05, 4.69) is 19.9 Å². The van der Waals surface area contributed by atoms with Crippen LogP contribution < -0.4 is 5.30 Å². The molecule has 22 heavy (non-hydrogen) atoms. The van der Waals surface area contributed by atoms with E-state index in [9.17, 15) is 9.36 Å². The molecular formula is C18H22O3P+. The number of hydrogen-bond donors (Lipinski definition) is 0. The molecule has 1 aliphatic rings. The maximum absolute atomic E-state index is 12.6. The van der Waals surface area contributed by atoms with Gasteiger partial charge in [0.2, 0.25) is 5.30 Å². The Balaban J connectivity index is 2.22. The summed E-state index contributed by atoms with van der Waals surface area (Å²) in [6, 6.07) is 8.82. The van der Waals surface area contributed by atoms with Crippen LogP contribution in [0, 0.1) is 11.3 Å². The van der Waals surface area contributed by atoms with Crippen molar-refractivity contribution in [3.63, 3.8) is 0 Å². The average molecular weight is 317 g/mol. The van der Waals surface area contributed by atoms with Gasteiger partial charge < -0.3 is 0 Å². The summed E-state index contributed by atoms with van der Waals surface area (Å²) in [5, 5.41) is 0.535. The molecule has 116 valence electrons. The lowest BCUT2D eigenvalue weighted by atomic mass is 9.68. The summed E-state index contributed by atoms with van der Waals surface area (Å²) in [5.41, 5.74) is 1.82. The van der Waals surface area contributed by atoms with Crippen LogP contribution in [0.3, 0.4) is 0 Å². The summed E-state index contributed by atoms with van der Waals surface area (Å²) >= 11 is 0. The van der Waals surface area contributed by atoms with Crippen molar-refractivity contribution in [1.29, 1.82) is 0 Å². The minimum atomic E-state index is -2.16. The molecule has 3 unspecified atom stereocenters. The van der Waals surface area contributed by atoms with E-state index in [4.69, 9.17) is 4.52 Å². The third-order valence-corrected chi connectivity index (χ3v) is 5.33. The fourth-order valence-electron chi connectivity index (χ4n) is 3.11. The standard InChI is InChI=1S/C18H22O3P/c1-5-18(4)12-13(2)11-14(3)16(18)17(19)21-22(20)15-9-7-6-8-10-15/h6-12,16H,5H2,1-4H3/q+1. The second-order valence-corrected chi connectivity index (χ2v) is 7.29. The Morgan fingerprint density at radius 2 is 1.91 bits per heavy atom. The third kappa shape index (κ3) is 3.36. The molecule has 4 heteroatoms. The maximum atomic E-state index is 12.6. The van der Waals surface area contributed by atoms with E-state index < -0.39 is 14.0 Å². The molecule has 0 amide bonds. The zero-order valence-electron chi connectivity index (χ0n) is 13.5. The van der Waals surface area contributed by atoms with Gasteiger partial charge in [-0.05, 0) is 37.0 Å². The van der Waals surface area contributed by atoms with E-state index in [0.717, 1.165) is 17.6 Å². The van der Waals surface area contributed by atoms with Crippen molar-refractivity contribution in [2.24, 2.45) is 11.3 Å². The van der Waals surface area contributed by atoms with E-state index in [1.165, 1.54) is 0 Å². The summed E-state index contributed by atoms with van der Waals surface area (Å²) in [6.45, 7) is 8.07. The van der Waals surface area contributed by atoms with Crippen molar-refractivity contribution in [3.8, 4) is 0 Å². The lowest BCUT2D eigenvalue weighted by Crippen LogP contribution is -2.35. The lowest BCUT2D eigenvalue weighted by Gasteiger charge is -2.35. The molecule has 0 heterocycles. The summed E-state index contributed by atoms with van der Waals surface area (Å²) in [5.74, 6) is -0.796. The monoisotopic (exact) mass is 317 g/mol. The van der Waals surface area contributed by atoms with Gasteiger partial charge in [-0.25, -0.2) is 9.32 Å². The highest BCUT2D eigenvalue weighted by atomic mass is 31.1. The average Bonchev–Trinajstić information content (AvgIpc) is 2.47. The van der Waals surface area contributed by atoms with Gasteiger partial charge in [-0.15, -0.1) is 0 Å². The first kappa shape index (κ1) is 16.6. The quantitative estimate of drug-likeness (QED) is 0.766. The molecule has 0 radical (unpaired) electrons. The number of allylic oxidation sites excluding steroid dienone is 3. The Bertz CT molecular complexity index is 646. The van der Waals surface area contributed by atoms with Gasteiger partial charge in [-0.3, -0.25) is 0 Å². The molecule has 1 aliphatic carbocycles. The lowest BCUT2D eigenvalue weighted by molar-refractivity contribution is -0.140. The number of rotatable bonds is 4. The second-order valence-electron chi connectivity index (χ2n) is 6.07. The Morgan fingerprint density at radius 3 is 2.50 bits per heavy atom. The van der Waals surface area contributed by atoms with Crippen molar-refractivity contribution in [1.82, 2.24) is 0 Å². The number of hydrogen-bond acceptors (Lipinski definition) is 3. The predicted molar refractivity (Wildman–Crippen MR) is 89.2 cm³/mol. The molecule has 3 atom stereocenters. The normalized spacial score (nSPS) is 25.1. The van der Waals surface area contributed by atoms with Crippen molar-refractivity contribution in [2.45, 2.75) is 34.1 Å². The van der Waals surface area contributed by atoms with Gasteiger partial charge in [0.05, 0.1) is 5.92 Å². The van der Waals surface area contributed by atoms with Gasteiger partial charge in [0.1, 0.15) is 0 Å². The summed E-state index contributed by atoms with van der Waals surface area (Å²) in [4.78, 5) is 12.6. The van der Waals surface area contributed by atoms with E-state index in [0.29, 0.717) is 5.30 Å². The molecule has 2 rings (SSSR count). The Morgan fingerprint density at radius 1 is 1.27 bits per heavy atom. The van der Waals surface area contributed by atoms with Crippen LogP contribution in [0.15, 0.2) is 53.6 Å². The number of benzene rings is 1. The van der Waals surface area contributed by atoms with Crippen molar-refractivity contribution in [3.05, 3.63) is 53.6 Å². The molecule has 0 aromatic heterocycles. The SMILES string of the molecule is CCC1(C)C=C(C)C=C(C)C1C(=O)O[P+](=O)c1ccccc1. The molecule has 0 saturated carbocycles. The molecule has 0 N–H and O–H groups in total. The molecule has 0 spiro atoms. The van der Waals surface area contributed by atoms with Crippen LogP contribution in [0.25, 0.3) is 0 Å². The zero-order chi connectivity index (χ0) is 16.3. The van der Waals surface area contributed by atoms with Gasteiger partial charge in [-0.1, -0.05) is 55.3 Å². The third-order valence-electron chi connectivity index (χ3n) is 4.26. The highest BCUT2D eigenvalue weighted by molar-refractivity contribution is 7.48. The number of carbonyl (C=O) groups is 1. The number of carbonyl (C=O) groups excluding carboxylic acids is 1. The van der Waals surface area contributed by atoms with Gasteiger partial charge in [0, 0.05) is 5.41 Å². The van der Waals surface area contributed by atoms with Crippen molar-refractivity contribution in [2.75, 3.05) is 0 Å². The highest BCUT2D eigenvalue weighted by Crippen LogP contribution is 2.44. The largest absolute Gasteiger partial charge is 0.600 e. The smallest absolute Gasteiger partial charge is 0.246 e. The van der Waals surface area contributed by atoms with E-state index in [1.807, 2.05) is 26.0 Å². The van der Waals surface area contributed by atoms with Gasteiger partial charge in [0.15, 0.2) is 0 Å². The molecule has 1 aromatic carbocycles. The van der Waals surface area contributed by atoms with Crippen LogP contribution in [0.5, 0.6) is 0 Å². The molecule has 3 nitrogen and oxygen atoms in total. The van der Waals surface area contributed by atoms with Crippen LogP contribution in [-0.2, 0) is 13.9 Å². The fraction of sp³-hybridized carbons (Fsp3) is 0.389. The maximum Gasteiger partial charge on any atom is 0.600 e. The van der Waals surface area contributed by atoms with Crippen LogP contribution >= 0.6 is 8.03 Å². The summed E-state index contributed by atoms with van der Waals surface area (Å²) in [7, 11) is -2.16. The van der Waals surface area contributed by atoms with Crippen molar-refractivity contribution < 1.29 is 13.9 Å². The Kier molecular flexibility index (Phi) is 4.97. The fourth-order valence-corrected chi connectivity index (χ4v) is 3.90. The highest BCUT2D eigenvalue weighted by Gasteiger charge is 2.44. The molecular weight excluding hydrogens is 295 g/mol. The topological polar surface area (TPSA) is 43.4 Å². The molecule has 0 aliphatic heterocycles. The van der Waals surface area contributed by atoms with Crippen molar-refractivity contribution >= 4 is 19.3 Å². The molecule has 0 saturated heterocycles. The Labute approximate surface area is 132 Å². The van der Waals surface area contributed by atoms with Gasteiger partial charge in [0.25, 0.3) is 0 Å². The second kappa shape index (κ2) is 6.58. The van der Waals surface area contributed by atoms with Crippen LogP contribution in [0.1, 0.15) is 34.1 Å². The molecule has 0 bridgehead atoms. The molecule has 1 aromatic rings. The van der Waals surface area contributed by atoms with Gasteiger partial charge in [-0.2, -0.15) is 0 Å². The predicted octanol–water partition coefficient (Wildman–Crippen LogP) is 4.54. The van der Waals surface area contributed by atoms with E-state index >= 15 is 0 Å².